The molecule has 75 heavy (non-hydrogen) atoms. The Morgan fingerprint density at radius 2 is 0.787 bits per heavy atom. The van der Waals surface area contributed by atoms with E-state index in [-0.39, 0.29) is 12.1 Å². The molecule has 0 radical (unpaired) electrons. The summed E-state index contributed by atoms with van der Waals surface area (Å²) >= 11 is 0. The lowest BCUT2D eigenvalue weighted by molar-refractivity contribution is 0.483. The van der Waals surface area contributed by atoms with Gasteiger partial charge in [0.1, 0.15) is 11.5 Å². The number of fused-ring (bicyclic) bond motifs is 6. The number of hydrogen-bond donors (Lipinski definition) is 0. The van der Waals surface area contributed by atoms with E-state index in [1.165, 1.54) is 71.4 Å². The van der Waals surface area contributed by atoms with Crippen molar-refractivity contribution >= 4 is 61.7 Å². The Morgan fingerprint density at radius 1 is 0.333 bits per heavy atom. The smallest absolute Gasteiger partial charge is 0.256 e. The lowest BCUT2D eigenvalue weighted by Crippen LogP contribution is -2.59. The lowest BCUT2D eigenvalue weighted by Gasteiger charge is -2.42. The Labute approximate surface area is 439 Å². The van der Waals surface area contributed by atoms with Crippen molar-refractivity contribution in [3.05, 3.63) is 266 Å². The average molecular weight is 958 g/mol. The van der Waals surface area contributed by atoms with Crippen LogP contribution in [0.15, 0.2) is 261 Å². The fraction of sp³-hybridized carbons (Fsp3) is 0.0556. The van der Waals surface area contributed by atoms with Crippen LogP contribution >= 0.6 is 0 Å². The molecule has 0 saturated carbocycles. The molecule has 0 aromatic heterocycles. The maximum atomic E-state index is 7.27. The predicted molar refractivity (Wildman–Crippen MR) is 319 cm³/mol. The van der Waals surface area contributed by atoms with Crippen LogP contribution in [0.4, 0.5) is 17.1 Å². The maximum Gasteiger partial charge on any atom is 0.256 e. The topological polar surface area (TPSA) is 12.5 Å². The summed E-state index contributed by atoms with van der Waals surface area (Å²) in [6.07, 6.45) is 0. The molecule has 0 aliphatic carbocycles. The van der Waals surface area contributed by atoms with Crippen LogP contribution in [0.5, 0.6) is 11.5 Å². The highest BCUT2D eigenvalue weighted by Gasteiger charge is 2.44. The first-order valence-electron chi connectivity index (χ1n) is 26.2. The van der Waals surface area contributed by atoms with Crippen LogP contribution in [0.25, 0.3) is 88.3 Å². The highest BCUT2D eigenvalue weighted by atomic mass is 16.5. The van der Waals surface area contributed by atoms with Gasteiger partial charge in [0.25, 0.3) is 6.71 Å². The second kappa shape index (κ2) is 17.8. The number of hydrogen-bond acceptors (Lipinski definition) is 2. The molecule has 0 bridgehead atoms. The Hall–Kier alpha value is -9.18. The summed E-state index contributed by atoms with van der Waals surface area (Å²) in [6.45, 7) is 6.82. The van der Waals surface area contributed by atoms with Gasteiger partial charge >= 0.3 is 0 Å². The Kier molecular flexibility index (Phi) is 10.6. The summed E-state index contributed by atoms with van der Waals surface area (Å²) in [6, 6.07) is 96.3. The van der Waals surface area contributed by atoms with E-state index in [1.54, 1.807) is 0 Å². The molecule has 354 valence electrons. The van der Waals surface area contributed by atoms with E-state index in [1.807, 2.05) is 0 Å². The fourth-order valence-corrected chi connectivity index (χ4v) is 12.1. The molecule has 0 spiro atoms. The van der Waals surface area contributed by atoms with Crippen molar-refractivity contribution in [3.63, 3.8) is 0 Å². The van der Waals surface area contributed by atoms with Crippen LogP contribution in [-0.4, -0.2) is 6.71 Å². The third-order valence-electron chi connectivity index (χ3n) is 15.6. The van der Waals surface area contributed by atoms with Gasteiger partial charge in [-0.3, -0.25) is 0 Å². The molecule has 0 unspecified atom stereocenters. The third-order valence-corrected chi connectivity index (χ3v) is 15.6. The highest BCUT2D eigenvalue weighted by Crippen LogP contribution is 2.53. The second-order valence-corrected chi connectivity index (χ2v) is 21.1. The lowest BCUT2D eigenvalue weighted by atomic mass is 9.34. The summed E-state index contributed by atoms with van der Waals surface area (Å²) in [5.41, 5.74) is 22.1. The van der Waals surface area contributed by atoms with Crippen molar-refractivity contribution in [1.29, 1.82) is 0 Å². The summed E-state index contributed by atoms with van der Waals surface area (Å²) < 4.78 is 7.27. The average Bonchev–Trinajstić information content (AvgIpc) is 3.50. The standard InChI is InChI=1S/C72H52BNO/c1-72(2,3)55-45-65-70-67(46-55)75-66-40-38-52(47-23-9-4-10-24-47)43-63(66)73(70)62-39-37-53(69-58-35-21-19-33-56(58)68(51-31-17-8-18-32-51)57-34-20-22-36-59(57)69)44-64(62)74(65)71-60(49-27-13-6-14-28-49)41-54(48-25-11-5-12-26-48)42-61(71)50-29-15-7-16-30-50/h4-46H,1-3H3. The Bertz CT molecular complexity index is 4050. The zero-order valence-corrected chi connectivity index (χ0v) is 42.3. The van der Waals surface area contributed by atoms with E-state index in [9.17, 15) is 0 Å². The Balaban J connectivity index is 1.14. The van der Waals surface area contributed by atoms with Crippen LogP contribution in [0, 0.1) is 0 Å². The van der Waals surface area contributed by atoms with Crippen molar-refractivity contribution in [2.45, 2.75) is 26.2 Å². The quantitative estimate of drug-likeness (QED) is 0.117. The molecule has 2 heterocycles. The van der Waals surface area contributed by atoms with Gasteiger partial charge in [-0.15, -0.1) is 0 Å². The van der Waals surface area contributed by atoms with Gasteiger partial charge in [-0.25, -0.2) is 0 Å². The van der Waals surface area contributed by atoms with Gasteiger partial charge in [-0.1, -0.05) is 245 Å². The van der Waals surface area contributed by atoms with Crippen LogP contribution in [0.3, 0.4) is 0 Å². The molecule has 12 aromatic carbocycles. The van der Waals surface area contributed by atoms with E-state index in [4.69, 9.17) is 4.74 Å². The third kappa shape index (κ3) is 7.49. The van der Waals surface area contributed by atoms with Gasteiger partial charge in [0.15, 0.2) is 0 Å². The highest BCUT2D eigenvalue weighted by molar-refractivity contribution is 6.99. The molecule has 0 saturated heterocycles. The van der Waals surface area contributed by atoms with Gasteiger partial charge in [0.2, 0.25) is 0 Å². The number of anilines is 3. The van der Waals surface area contributed by atoms with E-state index in [0.717, 1.165) is 67.4 Å². The van der Waals surface area contributed by atoms with Gasteiger partial charge in [0, 0.05) is 22.5 Å². The van der Waals surface area contributed by atoms with Crippen LogP contribution in [0.2, 0.25) is 0 Å². The molecule has 3 heteroatoms. The monoisotopic (exact) mass is 957 g/mol. The van der Waals surface area contributed by atoms with Gasteiger partial charge in [-0.2, -0.15) is 0 Å². The SMILES string of the molecule is CC(C)(C)c1cc2c3c(c1)N(c1c(-c4ccccc4)cc(-c4ccccc4)cc1-c1ccccc1)c1cc(-c4c5ccccc5c(-c5ccccc5)c5ccccc45)ccc1B3c1cc(-c3ccccc3)ccc1O2. The van der Waals surface area contributed by atoms with Crippen molar-refractivity contribution in [3.8, 4) is 78.3 Å². The number of nitrogens with zero attached hydrogens (tertiary/aromatic N) is 1. The van der Waals surface area contributed by atoms with Crippen molar-refractivity contribution in [1.82, 2.24) is 0 Å². The molecular formula is C72H52BNO. The van der Waals surface area contributed by atoms with Gasteiger partial charge < -0.3 is 9.64 Å². The molecule has 12 aromatic rings. The van der Waals surface area contributed by atoms with Crippen molar-refractivity contribution in [2.75, 3.05) is 4.90 Å². The molecule has 0 atom stereocenters. The summed E-state index contributed by atoms with van der Waals surface area (Å²) in [7, 11) is 0. The molecule has 0 fully saturated rings. The van der Waals surface area contributed by atoms with E-state index >= 15 is 0 Å². The van der Waals surface area contributed by atoms with Crippen LogP contribution in [-0.2, 0) is 5.41 Å². The van der Waals surface area contributed by atoms with Crippen LogP contribution in [0.1, 0.15) is 26.3 Å². The zero-order chi connectivity index (χ0) is 50.2. The molecule has 2 aliphatic rings. The largest absolute Gasteiger partial charge is 0.458 e. The number of benzene rings is 12. The second-order valence-electron chi connectivity index (χ2n) is 21.1. The first-order valence-corrected chi connectivity index (χ1v) is 26.2. The summed E-state index contributed by atoms with van der Waals surface area (Å²) in [5, 5.41) is 4.91. The fourth-order valence-electron chi connectivity index (χ4n) is 12.1. The first kappa shape index (κ1) is 44.5. The van der Waals surface area contributed by atoms with Crippen molar-refractivity contribution < 1.29 is 4.74 Å². The Morgan fingerprint density at radius 3 is 1.31 bits per heavy atom. The minimum absolute atomic E-state index is 0.130. The minimum Gasteiger partial charge on any atom is -0.458 e. The van der Waals surface area contributed by atoms with Gasteiger partial charge in [0.05, 0.1) is 5.69 Å². The molecule has 2 nitrogen and oxygen atoms in total. The first-order chi connectivity index (χ1) is 36.9. The minimum atomic E-state index is -0.199. The number of ether oxygens (including phenoxy) is 1. The molecule has 14 rings (SSSR count). The van der Waals surface area contributed by atoms with Crippen molar-refractivity contribution in [2.24, 2.45) is 0 Å². The van der Waals surface area contributed by atoms with Crippen LogP contribution < -0.4 is 26.0 Å². The van der Waals surface area contributed by atoms with Gasteiger partial charge in [-0.05, 0) is 141 Å². The summed E-state index contributed by atoms with van der Waals surface area (Å²) in [4.78, 5) is 2.63. The maximum absolute atomic E-state index is 7.27. The van der Waals surface area contributed by atoms with E-state index in [2.05, 4.69) is 287 Å². The number of rotatable bonds is 7. The summed E-state index contributed by atoms with van der Waals surface area (Å²) in [5.74, 6) is 1.79. The predicted octanol–water partition coefficient (Wildman–Crippen LogP) is 17.7. The molecule has 0 amide bonds. The van der Waals surface area contributed by atoms with E-state index < -0.39 is 0 Å². The molecule has 0 N–H and O–H groups in total. The zero-order valence-electron chi connectivity index (χ0n) is 42.3. The molecular weight excluding hydrogens is 906 g/mol. The normalized spacial score (nSPS) is 12.5. The molecule has 2 aliphatic heterocycles. The van der Waals surface area contributed by atoms with E-state index in [0.29, 0.717) is 0 Å².